The number of amides is 1. The quantitative estimate of drug-likeness (QED) is 0.837. The molecule has 2 aromatic rings. The number of carbonyl (C=O) groups is 1. The van der Waals surface area contributed by atoms with Crippen molar-refractivity contribution in [2.75, 3.05) is 6.54 Å². The molecule has 2 N–H and O–H groups in total. The molecule has 2 rings (SSSR count). The van der Waals surface area contributed by atoms with E-state index in [1.165, 1.54) is 11.3 Å². The number of rotatable bonds is 6. The van der Waals surface area contributed by atoms with Crippen molar-refractivity contribution in [3.63, 3.8) is 0 Å². The Bertz CT molecular complexity index is 646. The molecule has 0 aliphatic heterocycles. The number of nitrogens with zero attached hydrogens (tertiary/aromatic N) is 2. The highest BCUT2D eigenvalue weighted by Crippen LogP contribution is 2.18. The highest BCUT2D eigenvalue weighted by atomic mass is 35.5. The molecule has 0 aliphatic carbocycles. The first-order valence-electron chi connectivity index (χ1n) is 7.21. The maximum absolute atomic E-state index is 12.7. The molecule has 1 aromatic heterocycles. The van der Waals surface area contributed by atoms with Crippen LogP contribution >= 0.6 is 35.3 Å². The lowest BCUT2D eigenvalue weighted by atomic mass is 10.2. The van der Waals surface area contributed by atoms with Gasteiger partial charge in [-0.2, -0.15) is 0 Å². The smallest absolute Gasteiger partial charge is 0.273 e. The Labute approximate surface area is 152 Å². The van der Waals surface area contributed by atoms with Gasteiger partial charge in [0.05, 0.1) is 5.01 Å². The fourth-order valence-corrected chi connectivity index (χ4v) is 3.12. The lowest BCUT2D eigenvalue weighted by Gasteiger charge is -2.26. The first-order valence-corrected chi connectivity index (χ1v) is 8.47. The van der Waals surface area contributed by atoms with Crippen molar-refractivity contribution in [2.24, 2.45) is 5.73 Å². The summed E-state index contributed by atoms with van der Waals surface area (Å²) in [6.07, 6.45) is 0.702. The van der Waals surface area contributed by atoms with Crippen LogP contribution in [-0.4, -0.2) is 28.4 Å². The standard InChI is InChI=1S/C16H20ClN3OS.ClH/c1-11(2)20(9-12-4-3-5-13(17)8-12)16(21)14-10-22-15(19-14)6-7-18;/h3-5,8,10-11H,6-7,9,18H2,1-2H3;1H. The third-order valence-electron chi connectivity index (χ3n) is 3.26. The molecular formula is C16H21Cl2N3OS. The van der Waals surface area contributed by atoms with Gasteiger partial charge in [-0.25, -0.2) is 4.98 Å². The first kappa shape index (κ1) is 19.9. The minimum Gasteiger partial charge on any atom is -0.331 e. The summed E-state index contributed by atoms with van der Waals surface area (Å²) in [4.78, 5) is 18.9. The Balaban J connectivity index is 0.00000264. The van der Waals surface area contributed by atoms with Gasteiger partial charge in [-0.3, -0.25) is 4.79 Å². The van der Waals surface area contributed by atoms with Gasteiger partial charge >= 0.3 is 0 Å². The van der Waals surface area contributed by atoms with Crippen molar-refractivity contribution in [1.29, 1.82) is 0 Å². The second-order valence-electron chi connectivity index (χ2n) is 5.32. The lowest BCUT2D eigenvalue weighted by molar-refractivity contribution is 0.0685. The largest absolute Gasteiger partial charge is 0.331 e. The molecule has 7 heteroatoms. The number of aromatic nitrogens is 1. The molecule has 1 amide bonds. The molecule has 0 aliphatic rings. The van der Waals surface area contributed by atoms with Gasteiger partial charge in [0.15, 0.2) is 0 Å². The average Bonchev–Trinajstić information content (AvgIpc) is 2.93. The lowest BCUT2D eigenvalue weighted by Crippen LogP contribution is -2.36. The molecule has 0 spiro atoms. The normalized spacial score (nSPS) is 10.5. The molecule has 23 heavy (non-hydrogen) atoms. The molecule has 1 heterocycles. The van der Waals surface area contributed by atoms with Gasteiger partial charge in [0.2, 0.25) is 0 Å². The zero-order chi connectivity index (χ0) is 16.1. The summed E-state index contributed by atoms with van der Waals surface area (Å²) in [6, 6.07) is 7.64. The molecule has 0 bridgehead atoms. The Morgan fingerprint density at radius 2 is 2.17 bits per heavy atom. The van der Waals surface area contributed by atoms with E-state index < -0.39 is 0 Å². The fourth-order valence-electron chi connectivity index (χ4n) is 2.12. The highest BCUT2D eigenvalue weighted by Gasteiger charge is 2.21. The summed E-state index contributed by atoms with van der Waals surface area (Å²) in [5, 5.41) is 3.38. The van der Waals surface area contributed by atoms with Crippen molar-refractivity contribution in [2.45, 2.75) is 32.9 Å². The summed E-state index contributed by atoms with van der Waals surface area (Å²) in [7, 11) is 0. The summed E-state index contributed by atoms with van der Waals surface area (Å²) in [5.74, 6) is -0.0607. The van der Waals surface area contributed by atoms with Crippen LogP contribution in [0.25, 0.3) is 0 Å². The number of thiazole rings is 1. The van der Waals surface area contributed by atoms with Crippen molar-refractivity contribution in [1.82, 2.24) is 9.88 Å². The highest BCUT2D eigenvalue weighted by molar-refractivity contribution is 7.09. The maximum Gasteiger partial charge on any atom is 0.273 e. The summed E-state index contributed by atoms with van der Waals surface area (Å²) < 4.78 is 0. The molecule has 126 valence electrons. The Morgan fingerprint density at radius 1 is 1.43 bits per heavy atom. The SMILES string of the molecule is CC(C)N(Cc1cccc(Cl)c1)C(=O)c1csc(CCN)n1.Cl. The van der Waals surface area contributed by atoms with E-state index in [-0.39, 0.29) is 24.4 Å². The van der Waals surface area contributed by atoms with Crippen LogP contribution < -0.4 is 5.73 Å². The maximum atomic E-state index is 12.7. The van der Waals surface area contributed by atoms with Crippen LogP contribution in [-0.2, 0) is 13.0 Å². The Hall–Kier alpha value is -1.14. The van der Waals surface area contributed by atoms with E-state index in [1.54, 1.807) is 10.3 Å². The number of benzene rings is 1. The second kappa shape index (κ2) is 9.23. The third-order valence-corrected chi connectivity index (χ3v) is 4.40. The van der Waals surface area contributed by atoms with Crippen molar-refractivity contribution >= 4 is 41.3 Å². The molecule has 0 fully saturated rings. The number of nitrogens with two attached hydrogens (primary N) is 1. The topological polar surface area (TPSA) is 59.2 Å². The molecule has 0 radical (unpaired) electrons. The molecule has 0 unspecified atom stereocenters. The monoisotopic (exact) mass is 373 g/mol. The number of halogens is 2. The van der Waals surface area contributed by atoms with Gasteiger partial charge in [0.1, 0.15) is 5.69 Å². The summed E-state index contributed by atoms with van der Waals surface area (Å²) in [5.41, 5.74) is 7.03. The fraction of sp³-hybridized carbons (Fsp3) is 0.375. The van der Waals surface area contributed by atoms with Gasteiger partial charge < -0.3 is 10.6 Å². The van der Waals surface area contributed by atoms with Crippen molar-refractivity contribution in [3.8, 4) is 0 Å². The first-order chi connectivity index (χ1) is 10.5. The van der Waals surface area contributed by atoms with E-state index in [0.717, 1.165) is 10.6 Å². The van der Waals surface area contributed by atoms with Gasteiger partial charge in [-0.05, 0) is 38.1 Å². The van der Waals surface area contributed by atoms with Gasteiger partial charge in [0.25, 0.3) is 5.91 Å². The van der Waals surface area contributed by atoms with E-state index in [2.05, 4.69) is 4.98 Å². The van der Waals surface area contributed by atoms with Gasteiger partial charge in [-0.15, -0.1) is 23.7 Å². The molecule has 1 aromatic carbocycles. The van der Waals surface area contributed by atoms with Crippen molar-refractivity contribution < 1.29 is 4.79 Å². The molecular weight excluding hydrogens is 353 g/mol. The van der Waals surface area contributed by atoms with Crippen LogP contribution in [0.2, 0.25) is 5.02 Å². The number of carbonyl (C=O) groups excluding carboxylic acids is 1. The van der Waals surface area contributed by atoms with Crippen LogP contribution in [0, 0.1) is 0 Å². The zero-order valence-corrected chi connectivity index (χ0v) is 15.5. The van der Waals surface area contributed by atoms with Gasteiger partial charge in [0, 0.05) is 29.4 Å². The number of hydrogen-bond donors (Lipinski definition) is 1. The second-order valence-corrected chi connectivity index (χ2v) is 6.70. The Morgan fingerprint density at radius 3 is 2.78 bits per heavy atom. The minimum atomic E-state index is -0.0607. The van der Waals surface area contributed by atoms with E-state index in [9.17, 15) is 4.79 Å². The molecule has 0 atom stereocenters. The Kier molecular flexibility index (Phi) is 7.99. The van der Waals surface area contributed by atoms with E-state index in [4.69, 9.17) is 17.3 Å². The van der Waals surface area contributed by atoms with Crippen LogP contribution in [0.1, 0.15) is 34.9 Å². The van der Waals surface area contributed by atoms with Crippen LogP contribution in [0.5, 0.6) is 0 Å². The average molecular weight is 374 g/mol. The molecule has 0 saturated heterocycles. The predicted octanol–water partition coefficient (Wildman–Crippen LogP) is 3.77. The van der Waals surface area contributed by atoms with E-state index in [1.807, 2.05) is 38.1 Å². The van der Waals surface area contributed by atoms with Crippen LogP contribution in [0.4, 0.5) is 0 Å². The van der Waals surface area contributed by atoms with Crippen LogP contribution in [0.3, 0.4) is 0 Å². The molecule has 0 saturated carbocycles. The van der Waals surface area contributed by atoms with E-state index in [0.29, 0.717) is 30.2 Å². The molecule has 4 nitrogen and oxygen atoms in total. The summed E-state index contributed by atoms with van der Waals surface area (Å²) >= 11 is 7.50. The van der Waals surface area contributed by atoms with Crippen molar-refractivity contribution in [3.05, 3.63) is 50.9 Å². The van der Waals surface area contributed by atoms with Crippen LogP contribution in [0.15, 0.2) is 29.6 Å². The number of hydrogen-bond acceptors (Lipinski definition) is 4. The predicted molar refractivity (Wildman–Crippen MR) is 98.6 cm³/mol. The van der Waals surface area contributed by atoms with Gasteiger partial charge in [-0.1, -0.05) is 23.7 Å². The third kappa shape index (κ3) is 5.46. The minimum absolute atomic E-state index is 0. The van der Waals surface area contributed by atoms with E-state index >= 15 is 0 Å². The zero-order valence-electron chi connectivity index (χ0n) is 13.2. The summed E-state index contributed by atoms with van der Waals surface area (Å²) in [6.45, 7) is 5.05.